The van der Waals surface area contributed by atoms with E-state index in [1.165, 1.54) is 15.6 Å². The lowest BCUT2D eigenvalue weighted by Crippen LogP contribution is -2.03. The monoisotopic (exact) mass is 608 g/mol. The van der Waals surface area contributed by atoms with Crippen LogP contribution in [-0.2, 0) is 0 Å². The van der Waals surface area contributed by atoms with E-state index < -0.39 is 0 Å². The van der Waals surface area contributed by atoms with Gasteiger partial charge in [0.1, 0.15) is 5.75 Å². The van der Waals surface area contributed by atoms with Crippen molar-refractivity contribution in [2.24, 2.45) is 0 Å². The zero-order valence-corrected chi connectivity index (χ0v) is 17.2. The second-order valence-electron chi connectivity index (χ2n) is 3.71. The van der Waals surface area contributed by atoms with Crippen LogP contribution < -0.4 is 4.74 Å². The fourth-order valence-electron chi connectivity index (χ4n) is 1.49. The van der Waals surface area contributed by atoms with Crippen molar-refractivity contribution in [3.8, 4) is 5.75 Å². The Morgan fingerprint density at radius 2 is 1.58 bits per heavy atom. The molecule has 2 aromatic rings. The first-order valence-electron chi connectivity index (χ1n) is 5.62. The van der Waals surface area contributed by atoms with Gasteiger partial charge in [-0.15, -0.1) is 11.8 Å². The average Bonchev–Trinajstić information content (AvgIpc) is 2.38. The van der Waals surface area contributed by atoms with Gasteiger partial charge in [0.05, 0.1) is 13.7 Å². The van der Waals surface area contributed by atoms with Crippen LogP contribution in [0.5, 0.6) is 5.75 Å². The first-order chi connectivity index (χ1) is 9.16. The number of thioether (sulfide) groups is 1. The maximum absolute atomic E-state index is 5.91. The minimum Gasteiger partial charge on any atom is -0.490 e. The molecule has 2 rings (SSSR count). The Morgan fingerprint density at radius 1 is 0.947 bits per heavy atom. The molecule has 0 amide bonds. The highest BCUT2D eigenvalue weighted by atomic mass is 127. The Hall–Kier alpha value is 0.780. The minimum absolute atomic E-state index is 0.728. The fraction of sp³-hybridized carbons (Fsp3) is 0.143. The summed E-state index contributed by atoms with van der Waals surface area (Å²) < 4.78 is 9.51. The molecule has 0 unspecified atom stereocenters. The summed E-state index contributed by atoms with van der Waals surface area (Å²) in [6, 6.07) is 14.7. The van der Waals surface area contributed by atoms with Crippen LogP contribution in [0.1, 0.15) is 0 Å². The van der Waals surface area contributed by atoms with Gasteiger partial charge in [0, 0.05) is 14.2 Å². The number of halogens is 3. The van der Waals surface area contributed by atoms with E-state index >= 15 is 0 Å². The Balaban J connectivity index is 1.86. The lowest BCUT2D eigenvalue weighted by atomic mass is 10.3. The molecule has 0 heterocycles. The molecule has 0 aliphatic rings. The lowest BCUT2D eigenvalue weighted by Gasteiger charge is -2.10. The largest absolute Gasteiger partial charge is 0.490 e. The minimum atomic E-state index is 0.728. The zero-order valence-electron chi connectivity index (χ0n) is 9.91. The van der Waals surface area contributed by atoms with Crippen molar-refractivity contribution in [3.63, 3.8) is 0 Å². The standard InChI is InChI=1S/C14H11I3OS/c15-10-8-12(16)14(13(17)9-10)18-6-7-19-11-4-2-1-3-5-11/h1-5,8-9H,6-7H2. The molecule has 0 N–H and O–H groups in total. The highest BCUT2D eigenvalue weighted by Gasteiger charge is 2.07. The molecule has 19 heavy (non-hydrogen) atoms. The normalized spacial score (nSPS) is 10.5. The van der Waals surface area contributed by atoms with Crippen molar-refractivity contribution < 1.29 is 4.74 Å². The van der Waals surface area contributed by atoms with Gasteiger partial charge in [-0.1, -0.05) is 18.2 Å². The van der Waals surface area contributed by atoms with Gasteiger partial charge in [0.2, 0.25) is 0 Å². The van der Waals surface area contributed by atoms with Crippen molar-refractivity contribution in [3.05, 3.63) is 53.2 Å². The van der Waals surface area contributed by atoms with Crippen molar-refractivity contribution in [2.45, 2.75) is 4.90 Å². The van der Waals surface area contributed by atoms with Crippen LogP contribution in [0.3, 0.4) is 0 Å². The van der Waals surface area contributed by atoms with E-state index in [9.17, 15) is 0 Å². The van der Waals surface area contributed by atoms with Crippen LogP contribution in [0.4, 0.5) is 0 Å². The smallest absolute Gasteiger partial charge is 0.146 e. The van der Waals surface area contributed by atoms with Crippen molar-refractivity contribution in [1.82, 2.24) is 0 Å². The molecule has 0 radical (unpaired) electrons. The number of hydrogen-bond donors (Lipinski definition) is 0. The van der Waals surface area contributed by atoms with Crippen molar-refractivity contribution in [2.75, 3.05) is 12.4 Å². The van der Waals surface area contributed by atoms with Crippen LogP contribution in [-0.4, -0.2) is 12.4 Å². The third kappa shape index (κ3) is 5.24. The van der Waals surface area contributed by atoms with E-state index in [1.54, 1.807) is 0 Å². The van der Waals surface area contributed by atoms with E-state index in [0.29, 0.717) is 0 Å². The summed E-state index contributed by atoms with van der Waals surface area (Å²) in [5.74, 6) is 1.97. The van der Waals surface area contributed by atoms with Gasteiger partial charge in [0.25, 0.3) is 0 Å². The Morgan fingerprint density at radius 3 is 2.21 bits per heavy atom. The summed E-state index contributed by atoms with van der Waals surface area (Å²) in [6.07, 6.45) is 0. The third-order valence-electron chi connectivity index (χ3n) is 2.30. The first kappa shape index (κ1) is 16.2. The molecule has 0 saturated heterocycles. The van der Waals surface area contributed by atoms with E-state index in [2.05, 4.69) is 104 Å². The molecule has 0 aliphatic carbocycles. The molecule has 2 aromatic carbocycles. The molecule has 0 fully saturated rings. The number of rotatable bonds is 5. The van der Waals surface area contributed by atoms with Crippen molar-refractivity contribution in [1.29, 1.82) is 0 Å². The second-order valence-corrected chi connectivity index (χ2v) is 8.45. The molecular weight excluding hydrogens is 597 g/mol. The topological polar surface area (TPSA) is 9.23 Å². The van der Waals surface area contributed by atoms with Crippen LogP contribution in [0, 0.1) is 10.7 Å². The predicted octanol–water partition coefficient (Wildman–Crippen LogP) is 5.67. The quantitative estimate of drug-likeness (QED) is 0.246. The highest BCUT2D eigenvalue weighted by Crippen LogP contribution is 2.29. The van der Waals surface area contributed by atoms with Crippen molar-refractivity contribution >= 4 is 79.5 Å². The SMILES string of the molecule is Ic1cc(I)c(OCCSc2ccccc2)c(I)c1. The molecular formula is C14H11I3OS. The van der Waals surface area contributed by atoms with Gasteiger partial charge in [-0.05, 0) is 92.0 Å². The summed E-state index contributed by atoms with van der Waals surface area (Å²) >= 11 is 8.82. The molecule has 1 nitrogen and oxygen atoms in total. The zero-order chi connectivity index (χ0) is 13.7. The predicted molar refractivity (Wildman–Crippen MR) is 107 cm³/mol. The van der Waals surface area contributed by atoms with Gasteiger partial charge in [-0.3, -0.25) is 0 Å². The lowest BCUT2D eigenvalue weighted by molar-refractivity contribution is 0.339. The van der Waals surface area contributed by atoms with Crippen LogP contribution in [0.15, 0.2) is 47.4 Å². The number of ether oxygens (including phenoxy) is 1. The molecule has 0 aliphatic heterocycles. The van der Waals surface area contributed by atoms with Crippen LogP contribution in [0.25, 0.3) is 0 Å². The second kappa shape index (κ2) is 8.28. The van der Waals surface area contributed by atoms with Gasteiger partial charge in [0.15, 0.2) is 0 Å². The molecule has 0 bridgehead atoms. The third-order valence-corrected chi connectivity index (χ3v) is 5.51. The summed E-state index contributed by atoms with van der Waals surface area (Å²) in [6.45, 7) is 0.728. The maximum Gasteiger partial charge on any atom is 0.146 e. The Bertz CT molecular complexity index is 523. The average molecular weight is 608 g/mol. The van der Waals surface area contributed by atoms with Gasteiger partial charge >= 0.3 is 0 Å². The van der Waals surface area contributed by atoms with Gasteiger partial charge < -0.3 is 4.74 Å². The molecule has 0 aromatic heterocycles. The van der Waals surface area contributed by atoms with Gasteiger partial charge in [-0.2, -0.15) is 0 Å². The molecule has 0 saturated carbocycles. The van der Waals surface area contributed by atoms with E-state index in [1.807, 2.05) is 17.8 Å². The van der Waals surface area contributed by atoms with E-state index in [-0.39, 0.29) is 0 Å². The number of benzene rings is 2. The van der Waals surface area contributed by atoms with E-state index in [4.69, 9.17) is 4.74 Å². The molecule has 100 valence electrons. The summed E-state index contributed by atoms with van der Waals surface area (Å²) in [4.78, 5) is 1.29. The highest BCUT2D eigenvalue weighted by molar-refractivity contribution is 14.1. The summed E-state index contributed by atoms with van der Waals surface area (Å²) in [7, 11) is 0. The summed E-state index contributed by atoms with van der Waals surface area (Å²) in [5.41, 5.74) is 0. The Kier molecular flexibility index (Phi) is 7.04. The van der Waals surface area contributed by atoms with Gasteiger partial charge in [-0.25, -0.2) is 0 Å². The Labute approximate surface area is 158 Å². The van der Waals surface area contributed by atoms with E-state index in [0.717, 1.165) is 18.1 Å². The number of hydrogen-bond acceptors (Lipinski definition) is 2. The summed E-state index contributed by atoms with van der Waals surface area (Å²) in [5, 5.41) is 0. The fourth-order valence-corrected chi connectivity index (χ4v) is 6.13. The molecule has 5 heteroatoms. The molecule has 0 atom stereocenters. The maximum atomic E-state index is 5.91. The molecule has 0 spiro atoms. The van der Waals surface area contributed by atoms with Crippen LogP contribution >= 0.6 is 79.5 Å². The van der Waals surface area contributed by atoms with Crippen LogP contribution in [0.2, 0.25) is 0 Å². The first-order valence-corrected chi connectivity index (χ1v) is 9.84.